The van der Waals surface area contributed by atoms with Crippen LogP contribution >= 0.6 is 22.9 Å². The van der Waals surface area contributed by atoms with Gasteiger partial charge in [0.2, 0.25) is 5.76 Å². The predicted molar refractivity (Wildman–Crippen MR) is 101 cm³/mol. The molecule has 0 aliphatic heterocycles. The van der Waals surface area contributed by atoms with E-state index in [1.54, 1.807) is 30.2 Å². The van der Waals surface area contributed by atoms with E-state index in [4.69, 9.17) is 16.1 Å². The molecule has 4 aromatic rings. The highest BCUT2D eigenvalue weighted by molar-refractivity contribution is 7.22. The van der Waals surface area contributed by atoms with E-state index < -0.39 is 0 Å². The molecule has 0 saturated carbocycles. The summed E-state index contributed by atoms with van der Waals surface area (Å²) >= 11 is 7.45. The van der Waals surface area contributed by atoms with Gasteiger partial charge in [-0.2, -0.15) is 0 Å². The molecule has 130 valence electrons. The number of rotatable bonds is 4. The lowest BCUT2D eigenvalue weighted by Gasteiger charge is -2.17. The molecule has 26 heavy (non-hydrogen) atoms. The van der Waals surface area contributed by atoms with E-state index in [2.05, 4.69) is 15.1 Å². The fourth-order valence-corrected chi connectivity index (χ4v) is 3.72. The Morgan fingerprint density at radius 3 is 2.88 bits per heavy atom. The number of carbonyl (C=O) groups excluding carboxylic acids is 1. The number of hydrogen-bond donors (Lipinski definition) is 0. The Morgan fingerprint density at radius 1 is 1.27 bits per heavy atom. The van der Waals surface area contributed by atoms with Gasteiger partial charge in [-0.15, -0.1) is 0 Å². The number of aromatic nitrogens is 3. The first kappa shape index (κ1) is 16.7. The summed E-state index contributed by atoms with van der Waals surface area (Å²) in [6, 6.07) is 12.6. The molecule has 0 spiro atoms. The third-order valence-electron chi connectivity index (χ3n) is 3.70. The Balaban J connectivity index is 1.76. The van der Waals surface area contributed by atoms with E-state index in [1.165, 1.54) is 11.3 Å². The summed E-state index contributed by atoms with van der Waals surface area (Å²) in [6.45, 7) is 2.04. The topological polar surface area (TPSA) is 72.1 Å². The summed E-state index contributed by atoms with van der Waals surface area (Å²) < 4.78 is 6.06. The quantitative estimate of drug-likeness (QED) is 0.518. The van der Waals surface area contributed by atoms with E-state index in [-0.39, 0.29) is 18.2 Å². The number of benzene rings is 1. The zero-order valence-electron chi connectivity index (χ0n) is 13.7. The van der Waals surface area contributed by atoms with Crippen LogP contribution in [0.5, 0.6) is 0 Å². The largest absolute Gasteiger partial charge is 0.351 e. The van der Waals surface area contributed by atoms with Crippen LogP contribution in [0.25, 0.3) is 10.2 Å². The normalized spacial score (nSPS) is 11.0. The van der Waals surface area contributed by atoms with Crippen molar-refractivity contribution in [3.8, 4) is 0 Å². The summed E-state index contributed by atoms with van der Waals surface area (Å²) in [5, 5.41) is 4.98. The van der Waals surface area contributed by atoms with E-state index in [0.29, 0.717) is 15.8 Å². The number of anilines is 1. The van der Waals surface area contributed by atoms with Crippen LogP contribution in [0.1, 0.15) is 21.9 Å². The second kappa shape index (κ2) is 6.86. The van der Waals surface area contributed by atoms with Crippen molar-refractivity contribution >= 4 is 44.2 Å². The number of aryl methyl sites for hydroxylation is 1. The number of thiazole rings is 1. The summed E-state index contributed by atoms with van der Waals surface area (Å²) in [7, 11) is 0. The van der Waals surface area contributed by atoms with E-state index >= 15 is 0 Å². The van der Waals surface area contributed by atoms with Crippen molar-refractivity contribution in [3.05, 3.63) is 70.8 Å². The van der Waals surface area contributed by atoms with Gasteiger partial charge in [0.15, 0.2) is 5.13 Å². The Hall–Kier alpha value is -2.77. The van der Waals surface area contributed by atoms with Crippen LogP contribution in [0.4, 0.5) is 5.13 Å². The maximum absolute atomic E-state index is 13.0. The Bertz CT molecular complexity index is 1080. The maximum Gasteiger partial charge on any atom is 0.299 e. The Labute approximate surface area is 158 Å². The summed E-state index contributed by atoms with van der Waals surface area (Å²) in [5.41, 5.74) is 2.17. The van der Waals surface area contributed by atoms with E-state index in [1.807, 2.05) is 30.3 Å². The second-order valence-corrected chi connectivity index (χ2v) is 7.10. The maximum atomic E-state index is 13.0. The molecule has 4 rings (SSSR count). The number of pyridine rings is 1. The molecule has 0 unspecified atom stereocenters. The van der Waals surface area contributed by atoms with Gasteiger partial charge in [0.05, 0.1) is 28.1 Å². The zero-order valence-corrected chi connectivity index (χ0v) is 15.3. The third-order valence-corrected chi connectivity index (χ3v) is 4.98. The standard InChI is InChI=1S/C18H13ClN4O2S/c1-11-8-15(25-22-11)17(24)23(10-13-4-2-3-7-20-13)18-21-14-6-5-12(19)9-16(14)26-18/h2-9H,10H2,1H3. The first-order chi connectivity index (χ1) is 12.6. The van der Waals surface area contributed by atoms with Crippen LogP contribution < -0.4 is 4.90 Å². The molecule has 0 N–H and O–H groups in total. The molecule has 1 amide bonds. The Morgan fingerprint density at radius 2 is 2.15 bits per heavy atom. The van der Waals surface area contributed by atoms with Gasteiger partial charge in [-0.1, -0.05) is 34.2 Å². The van der Waals surface area contributed by atoms with Crippen molar-refractivity contribution in [1.82, 2.24) is 15.1 Å². The van der Waals surface area contributed by atoms with Crippen LogP contribution in [0.3, 0.4) is 0 Å². The van der Waals surface area contributed by atoms with Gasteiger partial charge in [0.25, 0.3) is 5.91 Å². The van der Waals surface area contributed by atoms with Gasteiger partial charge in [0, 0.05) is 17.3 Å². The molecule has 0 radical (unpaired) electrons. The molecule has 3 heterocycles. The number of fused-ring (bicyclic) bond motifs is 1. The summed E-state index contributed by atoms with van der Waals surface area (Å²) in [4.78, 5) is 23.4. The van der Waals surface area contributed by atoms with Crippen molar-refractivity contribution < 1.29 is 9.32 Å². The van der Waals surface area contributed by atoms with Gasteiger partial charge >= 0.3 is 0 Å². The number of carbonyl (C=O) groups is 1. The second-order valence-electron chi connectivity index (χ2n) is 5.65. The average Bonchev–Trinajstić information content (AvgIpc) is 3.25. The molecule has 3 aromatic heterocycles. The van der Waals surface area contributed by atoms with Crippen LogP contribution in [0.15, 0.2) is 53.2 Å². The molecular formula is C18H13ClN4O2S. The monoisotopic (exact) mass is 384 g/mol. The molecule has 6 nitrogen and oxygen atoms in total. The van der Waals surface area contributed by atoms with Crippen molar-refractivity contribution in [2.75, 3.05) is 4.90 Å². The SMILES string of the molecule is Cc1cc(C(=O)N(Cc2ccccn2)c2nc3ccc(Cl)cc3s2)on1. The fourth-order valence-electron chi connectivity index (χ4n) is 2.48. The van der Waals surface area contributed by atoms with Crippen molar-refractivity contribution in [3.63, 3.8) is 0 Å². The van der Waals surface area contributed by atoms with Crippen molar-refractivity contribution in [2.24, 2.45) is 0 Å². The minimum absolute atomic E-state index is 0.163. The minimum Gasteiger partial charge on any atom is -0.351 e. The average molecular weight is 385 g/mol. The van der Waals surface area contributed by atoms with Gasteiger partial charge < -0.3 is 4.52 Å². The molecule has 8 heteroatoms. The highest BCUT2D eigenvalue weighted by Gasteiger charge is 2.25. The van der Waals surface area contributed by atoms with Crippen LogP contribution in [0, 0.1) is 6.92 Å². The first-order valence-corrected chi connectivity index (χ1v) is 9.01. The van der Waals surface area contributed by atoms with Gasteiger partial charge in [-0.05, 0) is 37.3 Å². The van der Waals surface area contributed by atoms with Crippen LogP contribution in [0.2, 0.25) is 5.02 Å². The van der Waals surface area contributed by atoms with E-state index in [0.717, 1.165) is 15.9 Å². The highest BCUT2D eigenvalue weighted by atomic mass is 35.5. The number of amides is 1. The highest BCUT2D eigenvalue weighted by Crippen LogP contribution is 2.32. The summed E-state index contributed by atoms with van der Waals surface area (Å²) in [5.74, 6) is -0.155. The minimum atomic E-state index is -0.318. The predicted octanol–water partition coefficient (Wildman–Crippen LogP) is 4.49. The Kier molecular flexibility index (Phi) is 4.40. The molecule has 1 aromatic carbocycles. The lowest BCUT2D eigenvalue weighted by atomic mass is 10.3. The molecular weight excluding hydrogens is 372 g/mol. The number of halogens is 1. The molecule has 0 fully saturated rings. The summed E-state index contributed by atoms with van der Waals surface area (Å²) in [6.07, 6.45) is 1.69. The molecule has 0 aliphatic rings. The lowest BCUT2D eigenvalue weighted by molar-refractivity contribution is 0.0949. The molecule has 0 bridgehead atoms. The van der Waals surface area contributed by atoms with Crippen molar-refractivity contribution in [2.45, 2.75) is 13.5 Å². The van der Waals surface area contributed by atoms with Gasteiger partial charge in [-0.3, -0.25) is 14.7 Å². The lowest BCUT2D eigenvalue weighted by Crippen LogP contribution is -2.30. The molecule has 0 aliphatic carbocycles. The third kappa shape index (κ3) is 3.31. The smallest absolute Gasteiger partial charge is 0.299 e. The van der Waals surface area contributed by atoms with E-state index in [9.17, 15) is 4.79 Å². The first-order valence-electron chi connectivity index (χ1n) is 7.81. The van der Waals surface area contributed by atoms with Crippen LogP contribution in [-0.4, -0.2) is 21.0 Å². The van der Waals surface area contributed by atoms with Gasteiger partial charge in [-0.25, -0.2) is 4.98 Å². The molecule has 0 saturated heterocycles. The number of nitrogens with zero attached hydrogens (tertiary/aromatic N) is 4. The number of hydrogen-bond acceptors (Lipinski definition) is 6. The fraction of sp³-hybridized carbons (Fsp3) is 0.111. The van der Waals surface area contributed by atoms with Crippen molar-refractivity contribution in [1.29, 1.82) is 0 Å². The van der Waals surface area contributed by atoms with Gasteiger partial charge in [0.1, 0.15) is 0 Å². The zero-order chi connectivity index (χ0) is 18.1. The van der Waals surface area contributed by atoms with Crippen LogP contribution in [-0.2, 0) is 6.54 Å². The molecule has 0 atom stereocenters.